The number of carbonyl (C=O) groups excluding carboxylic acids is 1. The number of hydrogen-bond acceptors (Lipinski definition) is 4. The molecule has 0 radical (unpaired) electrons. The van der Waals surface area contributed by atoms with Crippen LogP contribution in [-0.4, -0.2) is 38.6 Å². The third-order valence-electron chi connectivity index (χ3n) is 5.45. The van der Waals surface area contributed by atoms with Gasteiger partial charge >= 0.3 is 5.69 Å². The lowest BCUT2D eigenvalue weighted by molar-refractivity contribution is -0.386. The first-order chi connectivity index (χ1) is 11.0. The zero-order chi connectivity index (χ0) is 16.6. The lowest BCUT2D eigenvalue weighted by atomic mass is 9.75. The Morgan fingerprint density at radius 1 is 1.26 bits per heavy atom. The molecular formula is C16H24N4O3. The van der Waals surface area contributed by atoms with Crippen molar-refractivity contribution in [1.82, 2.24) is 14.7 Å². The van der Waals surface area contributed by atoms with Crippen molar-refractivity contribution < 1.29 is 9.72 Å². The predicted molar refractivity (Wildman–Crippen MR) is 85.0 cm³/mol. The van der Waals surface area contributed by atoms with Crippen molar-refractivity contribution in [2.24, 2.45) is 11.8 Å². The molecule has 0 spiro atoms. The Hall–Kier alpha value is -1.92. The summed E-state index contributed by atoms with van der Waals surface area (Å²) in [7, 11) is 0. The predicted octanol–water partition coefficient (Wildman–Crippen LogP) is 2.45. The second-order valence-corrected chi connectivity index (χ2v) is 6.87. The van der Waals surface area contributed by atoms with E-state index in [0.29, 0.717) is 17.3 Å². The first-order valence-electron chi connectivity index (χ1n) is 8.43. The summed E-state index contributed by atoms with van der Waals surface area (Å²) in [6.07, 6.45) is 6.21. The maximum Gasteiger partial charge on any atom is 0.312 e. The van der Waals surface area contributed by atoms with E-state index in [1.54, 1.807) is 13.8 Å². The van der Waals surface area contributed by atoms with E-state index < -0.39 is 4.92 Å². The van der Waals surface area contributed by atoms with E-state index in [2.05, 4.69) is 5.10 Å². The fourth-order valence-corrected chi connectivity index (χ4v) is 4.16. The number of aryl methyl sites for hydroxylation is 1. The van der Waals surface area contributed by atoms with E-state index in [0.717, 1.165) is 25.4 Å². The highest BCUT2D eigenvalue weighted by atomic mass is 16.6. The molecular weight excluding hydrogens is 296 g/mol. The number of nitrogens with zero attached hydrogens (tertiary/aromatic N) is 4. The molecule has 1 amide bonds. The number of piperidine rings is 1. The van der Waals surface area contributed by atoms with Gasteiger partial charge in [-0.25, -0.2) is 0 Å². The van der Waals surface area contributed by atoms with Crippen molar-refractivity contribution >= 4 is 11.6 Å². The number of nitro groups is 1. The smallest absolute Gasteiger partial charge is 0.312 e. The molecule has 1 aliphatic carbocycles. The van der Waals surface area contributed by atoms with Crippen LogP contribution >= 0.6 is 0 Å². The normalized spacial score (nSPS) is 24.3. The van der Waals surface area contributed by atoms with Gasteiger partial charge in [-0.3, -0.25) is 19.6 Å². The number of fused-ring (bicyclic) bond motifs is 1. The van der Waals surface area contributed by atoms with E-state index in [4.69, 9.17) is 0 Å². The maximum atomic E-state index is 12.6. The molecule has 7 nitrogen and oxygen atoms in total. The van der Waals surface area contributed by atoms with Crippen LogP contribution in [0.4, 0.5) is 5.69 Å². The molecule has 2 aliphatic rings. The Morgan fingerprint density at radius 2 is 1.96 bits per heavy atom. The second kappa shape index (κ2) is 6.29. The first-order valence-corrected chi connectivity index (χ1v) is 8.43. The van der Waals surface area contributed by atoms with Crippen molar-refractivity contribution in [1.29, 1.82) is 0 Å². The van der Waals surface area contributed by atoms with Crippen LogP contribution in [-0.2, 0) is 11.3 Å². The fraction of sp³-hybridized carbons (Fsp3) is 0.750. The number of rotatable bonds is 3. The van der Waals surface area contributed by atoms with E-state index >= 15 is 0 Å². The van der Waals surface area contributed by atoms with Crippen LogP contribution in [0.25, 0.3) is 0 Å². The van der Waals surface area contributed by atoms with Crippen molar-refractivity contribution in [3.63, 3.8) is 0 Å². The van der Waals surface area contributed by atoms with Gasteiger partial charge in [-0.2, -0.15) is 5.10 Å². The molecule has 3 rings (SSSR count). The average molecular weight is 320 g/mol. The van der Waals surface area contributed by atoms with Crippen LogP contribution in [0, 0.1) is 35.8 Å². The minimum Gasteiger partial charge on any atom is -0.341 e. The summed E-state index contributed by atoms with van der Waals surface area (Å²) in [5.41, 5.74) is 0.837. The van der Waals surface area contributed by atoms with Gasteiger partial charge in [-0.15, -0.1) is 0 Å². The lowest BCUT2D eigenvalue weighted by Crippen LogP contribution is -2.46. The van der Waals surface area contributed by atoms with Gasteiger partial charge in [0.25, 0.3) is 0 Å². The summed E-state index contributed by atoms with van der Waals surface area (Å²) in [5, 5.41) is 15.2. The monoisotopic (exact) mass is 320 g/mol. The van der Waals surface area contributed by atoms with Gasteiger partial charge in [-0.05, 0) is 38.5 Å². The fourth-order valence-electron chi connectivity index (χ4n) is 4.16. The molecule has 1 saturated heterocycles. The van der Waals surface area contributed by atoms with Crippen molar-refractivity contribution in [2.75, 3.05) is 13.1 Å². The summed E-state index contributed by atoms with van der Waals surface area (Å²) in [6, 6.07) is 0. The Labute approximate surface area is 135 Å². The van der Waals surface area contributed by atoms with Crippen molar-refractivity contribution in [3.8, 4) is 0 Å². The number of hydrogen-bond donors (Lipinski definition) is 0. The van der Waals surface area contributed by atoms with Gasteiger partial charge < -0.3 is 4.90 Å². The molecule has 2 atom stereocenters. The van der Waals surface area contributed by atoms with Crippen molar-refractivity contribution in [3.05, 3.63) is 21.5 Å². The van der Waals surface area contributed by atoms with Gasteiger partial charge in [0.2, 0.25) is 5.91 Å². The minimum absolute atomic E-state index is 0.0174. The second-order valence-electron chi connectivity index (χ2n) is 6.87. The molecule has 0 aromatic carbocycles. The van der Waals surface area contributed by atoms with Crippen LogP contribution in [0.1, 0.15) is 43.5 Å². The summed E-state index contributed by atoms with van der Waals surface area (Å²) in [4.78, 5) is 25.1. The molecule has 2 heterocycles. The molecule has 1 aromatic rings. The highest BCUT2D eigenvalue weighted by Crippen LogP contribution is 2.36. The summed E-state index contributed by atoms with van der Waals surface area (Å²) < 4.78 is 1.47. The Morgan fingerprint density at radius 3 is 2.61 bits per heavy atom. The molecule has 0 bridgehead atoms. The molecule has 1 aliphatic heterocycles. The highest BCUT2D eigenvalue weighted by Gasteiger charge is 2.33. The topological polar surface area (TPSA) is 81.3 Å². The summed E-state index contributed by atoms with van der Waals surface area (Å²) in [6.45, 7) is 5.00. The quantitative estimate of drug-likeness (QED) is 0.633. The molecule has 0 unspecified atom stereocenters. The molecule has 126 valence electrons. The molecule has 2 fully saturated rings. The van der Waals surface area contributed by atoms with E-state index in [-0.39, 0.29) is 18.1 Å². The summed E-state index contributed by atoms with van der Waals surface area (Å²) >= 11 is 0. The molecule has 7 heteroatoms. The Kier molecular flexibility index (Phi) is 4.37. The first kappa shape index (κ1) is 16.0. The number of likely N-dealkylation sites (tertiary alicyclic amines) is 1. The maximum absolute atomic E-state index is 12.6. The van der Waals surface area contributed by atoms with Gasteiger partial charge in [0, 0.05) is 13.1 Å². The third-order valence-corrected chi connectivity index (χ3v) is 5.45. The van der Waals surface area contributed by atoms with Crippen LogP contribution in [0.15, 0.2) is 0 Å². The molecule has 0 N–H and O–H groups in total. The zero-order valence-electron chi connectivity index (χ0n) is 13.8. The van der Waals surface area contributed by atoms with Gasteiger partial charge in [0.1, 0.15) is 17.9 Å². The highest BCUT2D eigenvalue weighted by molar-refractivity contribution is 5.76. The van der Waals surface area contributed by atoms with E-state index in [9.17, 15) is 14.9 Å². The molecule has 23 heavy (non-hydrogen) atoms. The van der Waals surface area contributed by atoms with Gasteiger partial charge in [0.15, 0.2) is 0 Å². The minimum atomic E-state index is -0.424. The van der Waals surface area contributed by atoms with Crippen molar-refractivity contribution in [2.45, 2.75) is 52.5 Å². The van der Waals surface area contributed by atoms with Crippen LogP contribution < -0.4 is 0 Å². The Balaban J connectivity index is 1.68. The Bertz CT molecular complexity index is 625. The molecule has 1 saturated carbocycles. The van der Waals surface area contributed by atoms with Crippen LogP contribution in [0.2, 0.25) is 0 Å². The largest absolute Gasteiger partial charge is 0.341 e. The van der Waals surface area contributed by atoms with Gasteiger partial charge in [-0.1, -0.05) is 19.3 Å². The number of aromatic nitrogens is 2. The van der Waals surface area contributed by atoms with E-state index in [1.165, 1.54) is 30.4 Å². The lowest BCUT2D eigenvalue weighted by Gasteiger charge is -2.41. The average Bonchev–Trinajstić information content (AvgIpc) is 2.80. The summed E-state index contributed by atoms with van der Waals surface area (Å²) in [5.74, 6) is 1.44. The van der Waals surface area contributed by atoms with E-state index in [1.807, 2.05) is 4.90 Å². The van der Waals surface area contributed by atoms with Crippen LogP contribution in [0.5, 0.6) is 0 Å². The third kappa shape index (κ3) is 3.09. The SMILES string of the molecule is Cc1nn(CC(=O)N2CC[C@@H]3CCCC[C@H]3C2)c(C)c1[N+](=O)[O-]. The molecule has 1 aromatic heterocycles. The number of amides is 1. The van der Waals surface area contributed by atoms with Gasteiger partial charge in [0.05, 0.1) is 4.92 Å². The standard InChI is InChI=1S/C16H24N4O3/c1-11-16(20(22)23)12(2)19(17-11)10-15(21)18-8-7-13-5-3-4-6-14(13)9-18/h13-14H,3-10H2,1-2H3/t13-,14-/m0/s1. The van der Waals surface area contributed by atoms with Crippen LogP contribution in [0.3, 0.4) is 0 Å². The number of carbonyl (C=O) groups is 1. The zero-order valence-corrected chi connectivity index (χ0v) is 13.8.